The molecule has 0 aliphatic carbocycles. The first kappa shape index (κ1) is 15.6. The zero-order valence-electron chi connectivity index (χ0n) is 12.4. The van der Waals surface area contributed by atoms with Gasteiger partial charge < -0.3 is 9.84 Å². The number of hydrogen-bond acceptors (Lipinski definition) is 5. The Balaban J connectivity index is 2.04. The SMILES string of the molecule is CC(=O)c1cnc(CCOc2ccc(C)cc2)nc1C(=O)O. The number of carboxylic acid groups (broad SMARTS) is 1. The van der Waals surface area contributed by atoms with Crippen molar-refractivity contribution in [2.75, 3.05) is 6.61 Å². The van der Waals surface area contributed by atoms with E-state index < -0.39 is 5.97 Å². The van der Waals surface area contributed by atoms with E-state index in [-0.39, 0.29) is 17.0 Å². The number of carboxylic acids is 1. The van der Waals surface area contributed by atoms with Crippen LogP contribution in [0.15, 0.2) is 30.5 Å². The first-order valence-electron chi connectivity index (χ1n) is 6.77. The number of carbonyl (C=O) groups excluding carboxylic acids is 1. The molecule has 22 heavy (non-hydrogen) atoms. The van der Waals surface area contributed by atoms with Gasteiger partial charge in [0.1, 0.15) is 11.6 Å². The summed E-state index contributed by atoms with van der Waals surface area (Å²) in [6, 6.07) is 7.60. The molecule has 0 amide bonds. The number of hydrogen-bond donors (Lipinski definition) is 1. The molecule has 114 valence electrons. The number of benzene rings is 1. The lowest BCUT2D eigenvalue weighted by molar-refractivity contribution is 0.0685. The maximum Gasteiger partial charge on any atom is 0.355 e. The summed E-state index contributed by atoms with van der Waals surface area (Å²) in [5.74, 6) is -0.563. The summed E-state index contributed by atoms with van der Waals surface area (Å²) in [6.07, 6.45) is 1.60. The van der Waals surface area contributed by atoms with Crippen LogP contribution in [0.1, 0.15) is 39.2 Å². The van der Waals surface area contributed by atoms with Gasteiger partial charge in [0.25, 0.3) is 0 Å². The monoisotopic (exact) mass is 300 g/mol. The van der Waals surface area contributed by atoms with Crippen LogP contribution in [0.4, 0.5) is 0 Å². The molecule has 0 spiro atoms. The van der Waals surface area contributed by atoms with Gasteiger partial charge in [0.15, 0.2) is 11.5 Å². The molecule has 2 aromatic rings. The molecule has 1 heterocycles. The molecule has 0 radical (unpaired) electrons. The van der Waals surface area contributed by atoms with Crippen molar-refractivity contribution in [2.24, 2.45) is 0 Å². The van der Waals surface area contributed by atoms with Crippen LogP contribution in [0.5, 0.6) is 5.75 Å². The van der Waals surface area contributed by atoms with Crippen LogP contribution >= 0.6 is 0 Å². The van der Waals surface area contributed by atoms with Gasteiger partial charge in [-0.2, -0.15) is 0 Å². The molecule has 0 fully saturated rings. The second kappa shape index (κ2) is 6.80. The lowest BCUT2D eigenvalue weighted by Gasteiger charge is -2.07. The van der Waals surface area contributed by atoms with Crippen LogP contribution in [-0.2, 0) is 6.42 Å². The van der Waals surface area contributed by atoms with Crippen molar-refractivity contribution in [2.45, 2.75) is 20.3 Å². The number of Topliss-reactive ketones (excluding diaryl/α,β-unsaturated/α-hetero) is 1. The normalized spacial score (nSPS) is 10.3. The van der Waals surface area contributed by atoms with E-state index in [1.54, 1.807) is 0 Å². The molecule has 1 N–H and O–H groups in total. The molecule has 0 saturated heterocycles. The van der Waals surface area contributed by atoms with E-state index in [4.69, 9.17) is 9.84 Å². The Morgan fingerprint density at radius 1 is 1.23 bits per heavy atom. The Morgan fingerprint density at radius 2 is 1.91 bits per heavy atom. The summed E-state index contributed by atoms with van der Waals surface area (Å²) in [5, 5.41) is 9.09. The molecule has 2 rings (SSSR count). The van der Waals surface area contributed by atoms with E-state index >= 15 is 0 Å². The number of carbonyl (C=O) groups is 2. The van der Waals surface area contributed by atoms with Gasteiger partial charge in [0, 0.05) is 12.6 Å². The Morgan fingerprint density at radius 3 is 2.50 bits per heavy atom. The van der Waals surface area contributed by atoms with Crippen molar-refractivity contribution in [1.29, 1.82) is 0 Å². The third-order valence-corrected chi connectivity index (χ3v) is 3.04. The molecule has 6 heteroatoms. The number of rotatable bonds is 6. The fraction of sp³-hybridized carbons (Fsp3) is 0.250. The predicted molar refractivity (Wildman–Crippen MR) is 79.4 cm³/mol. The zero-order valence-corrected chi connectivity index (χ0v) is 12.4. The number of nitrogens with zero attached hydrogens (tertiary/aromatic N) is 2. The Kier molecular flexibility index (Phi) is 4.83. The molecule has 0 bridgehead atoms. The highest BCUT2D eigenvalue weighted by atomic mass is 16.5. The summed E-state index contributed by atoms with van der Waals surface area (Å²) in [5.41, 5.74) is 0.880. The van der Waals surface area contributed by atoms with E-state index in [2.05, 4.69) is 9.97 Å². The average Bonchev–Trinajstić information content (AvgIpc) is 2.49. The maximum atomic E-state index is 11.3. The van der Waals surface area contributed by atoms with Crippen LogP contribution in [0.2, 0.25) is 0 Å². The molecule has 0 aliphatic rings. The van der Waals surface area contributed by atoms with Crippen molar-refractivity contribution in [3.63, 3.8) is 0 Å². The average molecular weight is 300 g/mol. The van der Waals surface area contributed by atoms with Crippen LogP contribution in [-0.4, -0.2) is 33.4 Å². The quantitative estimate of drug-likeness (QED) is 0.823. The topological polar surface area (TPSA) is 89.4 Å². The number of aryl methyl sites for hydroxylation is 1. The van der Waals surface area contributed by atoms with E-state index in [0.717, 1.165) is 11.3 Å². The first-order valence-corrected chi connectivity index (χ1v) is 6.77. The molecule has 0 saturated carbocycles. The van der Waals surface area contributed by atoms with Crippen LogP contribution in [0.25, 0.3) is 0 Å². The Bertz CT molecular complexity index is 696. The predicted octanol–water partition coefficient (Wildman–Crippen LogP) is 2.31. The van der Waals surface area contributed by atoms with Gasteiger partial charge in [-0.25, -0.2) is 14.8 Å². The van der Waals surface area contributed by atoms with Gasteiger partial charge in [0.2, 0.25) is 0 Å². The summed E-state index contributed by atoms with van der Waals surface area (Å²) >= 11 is 0. The highest BCUT2D eigenvalue weighted by molar-refractivity contribution is 6.03. The van der Waals surface area contributed by atoms with E-state index in [9.17, 15) is 9.59 Å². The number of ketones is 1. The lowest BCUT2D eigenvalue weighted by Crippen LogP contribution is -2.14. The molecule has 1 aromatic carbocycles. The van der Waals surface area contributed by atoms with Crippen molar-refractivity contribution < 1.29 is 19.4 Å². The molecule has 0 aliphatic heterocycles. The minimum Gasteiger partial charge on any atom is -0.493 e. The third kappa shape index (κ3) is 3.88. The molecule has 0 unspecified atom stereocenters. The molecule has 1 aromatic heterocycles. The molecular weight excluding hydrogens is 284 g/mol. The number of aromatic nitrogens is 2. The molecular formula is C16H16N2O4. The van der Waals surface area contributed by atoms with E-state index in [1.807, 2.05) is 31.2 Å². The standard InChI is InChI=1S/C16H16N2O4/c1-10-3-5-12(6-4-10)22-8-7-14-17-9-13(11(2)19)15(18-14)16(20)21/h3-6,9H,7-8H2,1-2H3,(H,20,21). The van der Waals surface area contributed by atoms with E-state index in [0.29, 0.717) is 18.9 Å². The third-order valence-electron chi connectivity index (χ3n) is 3.04. The second-order valence-corrected chi connectivity index (χ2v) is 4.82. The van der Waals surface area contributed by atoms with Crippen LogP contribution in [0, 0.1) is 6.92 Å². The van der Waals surface area contributed by atoms with Crippen molar-refractivity contribution in [1.82, 2.24) is 9.97 Å². The fourth-order valence-corrected chi connectivity index (χ4v) is 1.85. The van der Waals surface area contributed by atoms with E-state index in [1.165, 1.54) is 13.1 Å². The number of ether oxygens (including phenoxy) is 1. The van der Waals surface area contributed by atoms with Gasteiger partial charge in [-0.15, -0.1) is 0 Å². The summed E-state index contributed by atoms with van der Waals surface area (Å²) in [6.45, 7) is 3.59. The van der Waals surface area contributed by atoms with Crippen LogP contribution in [0.3, 0.4) is 0 Å². The minimum absolute atomic E-state index is 0.00991. The first-order chi connectivity index (χ1) is 10.5. The largest absolute Gasteiger partial charge is 0.493 e. The van der Waals surface area contributed by atoms with Gasteiger partial charge in [-0.1, -0.05) is 17.7 Å². The number of aromatic carboxylic acids is 1. The van der Waals surface area contributed by atoms with Crippen LogP contribution < -0.4 is 4.74 Å². The van der Waals surface area contributed by atoms with Gasteiger partial charge in [-0.05, 0) is 26.0 Å². The van der Waals surface area contributed by atoms with Gasteiger partial charge in [0.05, 0.1) is 12.2 Å². The molecule has 0 atom stereocenters. The zero-order chi connectivity index (χ0) is 16.1. The molecule has 6 nitrogen and oxygen atoms in total. The Hall–Kier alpha value is -2.76. The summed E-state index contributed by atoms with van der Waals surface area (Å²) in [4.78, 5) is 30.4. The highest BCUT2D eigenvalue weighted by Crippen LogP contribution is 2.12. The van der Waals surface area contributed by atoms with Crippen molar-refractivity contribution >= 4 is 11.8 Å². The lowest BCUT2D eigenvalue weighted by atomic mass is 10.1. The fourth-order valence-electron chi connectivity index (χ4n) is 1.85. The Labute approximate surface area is 127 Å². The van der Waals surface area contributed by atoms with Gasteiger partial charge in [-0.3, -0.25) is 4.79 Å². The minimum atomic E-state index is -1.24. The highest BCUT2D eigenvalue weighted by Gasteiger charge is 2.17. The van der Waals surface area contributed by atoms with Crippen molar-refractivity contribution in [3.8, 4) is 5.75 Å². The smallest absolute Gasteiger partial charge is 0.355 e. The second-order valence-electron chi connectivity index (χ2n) is 4.82. The van der Waals surface area contributed by atoms with Gasteiger partial charge >= 0.3 is 5.97 Å². The van der Waals surface area contributed by atoms with Crippen molar-refractivity contribution in [3.05, 3.63) is 53.1 Å². The summed E-state index contributed by atoms with van der Waals surface area (Å²) in [7, 11) is 0. The summed E-state index contributed by atoms with van der Waals surface area (Å²) < 4.78 is 5.55. The maximum absolute atomic E-state index is 11.3.